The van der Waals surface area contributed by atoms with E-state index in [1.54, 1.807) is 19.0 Å². The predicted molar refractivity (Wildman–Crippen MR) is 74.2 cm³/mol. The van der Waals surface area contributed by atoms with Gasteiger partial charge in [-0.15, -0.1) is 0 Å². The van der Waals surface area contributed by atoms with E-state index in [1.807, 2.05) is 30.3 Å². The Bertz CT molecular complexity index is 470. The number of carbonyl (C=O) groups excluding carboxylic acids is 2. The number of ether oxygens (including phenoxy) is 1. The Labute approximate surface area is 118 Å². The molecule has 0 atom stereocenters. The molecule has 0 saturated carbocycles. The molecule has 1 aliphatic rings. The van der Waals surface area contributed by atoms with Gasteiger partial charge in [-0.25, -0.2) is 9.59 Å². The summed E-state index contributed by atoms with van der Waals surface area (Å²) in [4.78, 5) is 26.3. The van der Waals surface area contributed by atoms with Crippen LogP contribution in [0, 0.1) is 0 Å². The number of amides is 3. The minimum atomic E-state index is -0.448. The first-order chi connectivity index (χ1) is 9.56. The third kappa shape index (κ3) is 3.63. The van der Waals surface area contributed by atoms with Gasteiger partial charge in [0.15, 0.2) is 0 Å². The zero-order valence-electron chi connectivity index (χ0n) is 11.7. The van der Waals surface area contributed by atoms with E-state index in [9.17, 15) is 9.59 Å². The van der Waals surface area contributed by atoms with Crippen molar-refractivity contribution in [2.24, 2.45) is 0 Å². The van der Waals surface area contributed by atoms with Crippen molar-refractivity contribution >= 4 is 12.1 Å². The largest absolute Gasteiger partial charge is 0.445 e. The van der Waals surface area contributed by atoms with Gasteiger partial charge in [0.25, 0.3) is 0 Å². The van der Waals surface area contributed by atoms with E-state index in [0.29, 0.717) is 13.1 Å². The molecule has 108 valence electrons. The number of carbonyl (C=O) groups is 2. The van der Waals surface area contributed by atoms with Crippen molar-refractivity contribution in [2.75, 3.05) is 27.2 Å². The Morgan fingerprint density at radius 3 is 2.55 bits per heavy atom. The van der Waals surface area contributed by atoms with E-state index in [1.165, 1.54) is 4.90 Å². The third-order valence-corrected chi connectivity index (χ3v) is 3.07. The van der Waals surface area contributed by atoms with Crippen LogP contribution in [0.15, 0.2) is 30.3 Å². The number of nitrogens with zero attached hydrogens (tertiary/aromatic N) is 2. The molecule has 1 saturated heterocycles. The lowest BCUT2D eigenvalue weighted by Gasteiger charge is -2.40. The summed E-state index contributed by atoms with van der Waals surface area (Å²) in [6.45, 7) is 1.30. The second-order valence-electron chi connectivity index (χ2n) is 4.98. The molecule has 6 nitrogen and oxygen atoms in total. The molecule has 0 aromatic heterocycles. The normalized spacial score (nSPS) is 14.4. The summed E-state index contributed by atoms with van der Waals surface area (Å²) < 4.78 is 5.11. The highest BCUT2D eigenvalue weighted by atomic mass is 16.5. The third-order valence-electron chi connectivity index (χ3n) is 3.07. The molecule has 0 unspecified atom stereocenters. The number of likely N-dealkylation sites (tertiary alicyclic amines) is 1. The second-order valence-corrected chi connectivity index (χ2v) is 4.98. The minimum Gasteiger partial charge on any atom is -0.445 e. The summed E-state index contributed by atoms with van der Waals surface area (Å²) in [7, 11) is 3.41. The molecule has 1 fully saturated rings. The van der Waals surface area contributed by atoms with Crippen LogP contribution in [0.5, 0.6) is 0 Å². The van der Waals surface area contributed by atoms with E-state index < -0.39 is 6.09 Å². The van der Waals surface area contributed by atoms with Crippen molar-refractivity contribution in [2.45, 2.75) is 12.6 Å². The first-order valence-electron chi connectivity index (χ1n) is 6.49. The van der Waals surface area contributed by atoms with Gasteiger partial charge in [-0.05, 0) is 5.56 Å². The highest BCUT2D eigenvalue weighted by Crippen LogP contribution is 2.10. The van der Waals surface area contributed by atoms with Gasteiger partial charge in [-0.3, -0.25) is 0 Å². The molecule has 0 radical (unpaired) electrons. The quantitative estimate of drug-likeness (QED) is 0.905. The summed E-state index contributed by atoms with van der Waals surface area (Å²) in [5, 5.41) is 2.74. The average molecular weight is 277 g/mol. The van der Waals surface area contributed by atoms with Crippen LogP contribution in [0.25, 0.3) is 0 Å². The fourth-order valence-corrected chi connectivity index (χ4v) is 1.94. The maximum Gasteiger partial charge on any atom is 0.407 e. The minimum absolute atomic E-state index is 0.0258. The molecule has 1 aromatic carbocycles. The number of nitrogens with one attached hydrogen (secondary N) is 1. The monoisotopic (exact) mass is 277 g/mol. The summed E-state index contributed by atoms with van der Waals surface area (Å²) >= 11 is 0. The summed E-state index contributed by atoms with van der Waals surface area (Å²) in [6.07, 6.45) is -0.448. The van der Waals surface area contributed by atoms with Crippen molar-refractivity contribution in [3.8, 4) is 0 Å². The van der Waals surface area contributed by atoms with Gasteiger partial charge in [0.2, 0.25) is 0 Å². The number of alkyl carbamates (subject to hydrolysis) is 1. The fraction of sp³-hybridized carbons (Fsp3) is 0.429. The molecule has 1 aliphatic heterocycles. The van der Waals surface area contributed by atoms with Crippen molar-refractivity contribution in [3.05, 3.63) is 35.9 Å². The number of rotatable bonds is 3. The maximum absolute atomic E-state index is 11.6. The summed E-state index contributed by atoms with van der Waals surface area (Å²) in [5.74, 6) is 0. The zero-order valence-corrected chi connectivity index (χ0v) is 11.7. The molecule has 1 aromatic rings. The van der Waals surface area contributed by atoms with Gasteiger partial charge in [-0.2, -0.15) is 0 Å². The van der Waals surface area contributed by atoms with E-state index in [4.69, 9.17) is 4.74 Å². The average Bonchev–Trinajstić information content (AvgIpc) is 2.40. The van der Waals surface area contributed by atoms with E-state index in [2.05, 4.69) is 5.32 Å². The van der Waals surface area contributed by atoms with Gasteiger partial charge in [0, 0.05) is 27.2 Å². The predicted octanol–water partition coefficient (Wildman–Crippen LogP) is 1.28. The molecule has 1 heterocycles. The summed E-state index contributed by atoms with van der Waals surface area (Å²) in [6, 6.07) is 9.43. The smallest absolute Gasteiger partial charge is 0.407 e. The van der Waals surface area contributed by atoms with Crippen LogP contribution >= 0.6 is 0 Å². The highest BCUT2D eigenvalue weighted by Gasteiger charge is 2.32. The van der Waals surface area contributed by atoms with Crippen LogP contribution in [0.4, 0.5) is 9.59 Å². The highest BCUT2D eigenvalue weighted by molar-refractivity contribution is 5.75. The van der Waals surface area contributed by atoms with Crippen LogP contribution in [0.3, 0.4) is 0 Å². The van der Waals surface area contributed by atoms with Crippen LogP contribution in [-0.4, -0.2) is 55.2 Å². The van der Waals surface area contributed by atoms with Crippen molar-refractivity contribution in [1.82, 2.24) is 15.1 Å². The van der Waals surface area contributed by atoms with Gasteiger partial charge in [0.05, 0.1) is 6.04 Å². The Kier molecular flexibility index (Phi) is 4.45. The van der Waals surface area contributed by atoms with Gasteiger partial charge in [0.1, 0.15) is 6.61 Å². The molecule has 0 aliphatic carbocycles. The molecule has 3 amide bonds. The van der Waals surface area contributed by atoms with Crippen molar-refractivity contribution in [3.63, 3.8) is 0 Å². The van der Waals surface area contributed by atoms with Gasteiger partial charge >= 0.3 is 12.1 Å². The summed E-state index contributed by atoms with van der Waals surface area (Å²) in [5.41, 5.74) is 0.945. The maximum atomic E-state index is 11.6. The molecule has 0 spiro atoms. The zero-order chi connectivity index (χ0) is 14.5. The van der Waals surface area contributed by atoms with Crippen LogP contribution < -0.4 is 5.32 Å². The van der Waals surface area contributed by atoms with E-state index in [0.717, 1.165) is 5.56 Å². The topological polar surface area (TPSA) is 61.9 Å². The fourth-order valence-electron chi connectivity index (χ4n) is 1.94. The first-order valence-corrected chi connectivity index (χ1v) is 6.49. The Balaban J connectivity index is 1.66. The molecular weight excluding hydrogens is 258 g/mol. The van der Waals surface area contributed by atoms with Crippen LogP contribution in [-0.2, 0) is 11.3 Å². The second kappa shape index (κ2) is 6.27. The van der Waals surface area contributed by atoms with Gasteiger partial charge in [-0.1, -0.05) is 30.3 Å². The first kappa shape index (κ1) is 14.2. The van der Waals surface area contributed by atoms with Crippen molar-refractivity contribution < 1.29 is 14.3 Å². The SMILES string of the molecule is CN(C)C(=O)N1CC(NC(=O)OCc2ccccc2)C1. The lowest BCUT2D eigenvalue weighted by molar-refractivity contribution is 0.0984. The molecule has 6 heteroatoms. The number of hydrogen-bond acceptors (Lipinski definition) is 3. The van der Waals surface area contributed by atoms with E-state index >= 15 is 0 Å². The molecule has 1 N–H and O–H groups in total. The van der Waals surface area contributed by atoms with Crippen LogP contribution in [0.2, 0.25) is 0 Å². The van der Waals surface area contributed by atoms with Crippen LogP contribution in [0.1, 0.15) is 5.56 Å². The molecule has 0 bridgehead atoms. The Morgan fingerprint density at radius 2 is 1.95 bits per heavy atom. The number of urea groups is 1. The standard InChI is InChI=1S/C14H19N3O3/c1-16(2)14(19)17-8-12(9-17)15-13(18)20-10-11-6-4-3-5-7-11/h3-7,12H,8-10H2,1-2H3,(H,15,18). The van der Waals surface area contributed by atoms with E-state index in [-0.39, 0.29) is 18.7 Å². The molecule has 2 rings (SSSR count). The number of hydrogen-bond donors (Lipinski definition) is 1. The van der Waals surface area contributed by atoms with Crippen molar-refractivity contribution in [1.29, 1.82) is 0 Å². The lowest BCUT2D eigenvalue weighted by atomic mass is 10.1. The Morgan fingerprint density at radius 1 is 1.30 bits per heavy atom. The Hall–Kier alpha value is -2.24. The lowest BCUT2D eigenvalue weighted by Crippen LogP contribution is -2.62. The number of benzene rings is 1. The van der Waals surface area contributed by atoms with Gasteiger partial charge < -0.3 is 19.9 Å². The molecular formula is C14H19N3O3. The molecule has 20 heavy (non-hydrogen) atoms.